The number of aromatic nitrogens is 2. The minimum Gasteiger partial charge on any atom is -0.320 e. The Morgan fingerprint density at radius 1 is 0.815 bits per heavy atom. The molecule has 0 unspecified atom stereocenters. The fourth-order valence-electron chi connectivity index (χ4n) is 3.74. The molecular weight excluding hydrogens is 328 g/mol. The predicted octanol–water partition coefficient (Wildman–Crippen LogP) is 6.18. The van der Waals surface area contributed by atoms with Crippen molar-refractivity contribution >= 4 is 23.2 Å². The van der Waals surface area contributed by atoms with Crippen LogP contribution in [0.2, 0.25) is 0 Å². The largest absolute Gasteiger partial charge is 0.320 e. The van der Waals surface area contributed by atoms with E-state index in [1.165, 1.54) is 33.3 Å². The highest BCUT2D eigenvalue weighted by atomic mass is 15.1. The summed E-state index contributed by atoms with van der Waals surface area (Å²) in [5, 5.41) is 0. The highest BCUT2D eigenvalue weighted by Crippen LogP contribution is 2.23. The fourth-order valence-corrected chi connectivity index (χ4v) is 3.74. The van der Waals surface area contributed by atoms with E-state index in [9.17, 15) is 0 Å². The van der Waals surface area contributed by atoms with Gasteiger partial charge in [0.25, 0.3) is 0 Å². The van der Waals surface area contributed by atoms with Crippen LogP contribution in [0.5, 0.6) is 0 Å². The molecule has 0 saturated carbocycles. The van der Waals surface area contributed by atoms with Crippen LogP contribution in [0.25, 0.3) is 23.2 Å². The number of benzene rings is 3. The Labute approximate surface area is 160 Å². The Balaban J connectivity index is 1.81. The first-order valence-corrected chi connectivity index (χ1v) is 9.37. The van der Waals surface area contributed by atoms with Gasteiger partial charge in [0.2, 0.25) is 0 Å². The molecule has 0 spiro atoms. The Morgan fingerprint density at radius 2 is 1.48 bits per heavy atom. The SMILES string of the molecule is Cc1cc(C)c(Cn2c(C=Cc3ccccc3)nc3ccccc32)c(C)c1. The normalized spacial score (nSPS) is 11.5. The van der Waals surface area contributed by atoms with E-state index < -0.39 is 0 Å². The van der Waals surface area contributed by atoms with Gasteiger partial charge in [-0.25, -0.2) is 4.98 Å². The third-order valence-corrected chi connectivity index (χ3v) is 5.07. The van der Waals surface area contributed by atoms with Crippen molar-refractivity contribution in [3.05, 3.63) is 100 Å². The van der Waals surface area contributed by atoms with Crippen molar-refractivity contribution < 1.29 is 0 Å². The number of para-hydroxylation sites is 2. The first kappa shape index (κ1) is 17.3. The minimum atomic E-state index is 0.826. The van der Waals surface area contributed by atoms with Gasteiger partial charge in [-0.3, -0.25) is 0 Å². The quantitative estimate of drug-likeness (QED) is 0.429. The average Bonchev–Trinajstić information content (AvgIpc) is 3.01. The van der Waals surface area contributed by atoms with Gasteiger partial charge in [0.1, 0.15) is 5.82 Å². The van der Waals surface area contributed by atoms with Gasteiger partial charge >= 0.3 is 0 Å². The Morgan fingerprint density at radius 3 is 2.22 bits per heavy atom. The van der Waals surface area contributed by atoms with E-state index in [0.717, 1.165) is 17.9 Å². The van der Waals surface area contributed by atoms with Gasteiger partial charge in [0, 0.05) is 0 Å². The summed E-state index contributed by atoms with van der Waals surface area (Å²) in [6.07, 6.45) is 4.25. The van der Waals surface area contributed by atoms with Crippen molar-refractivity contribution in [2.24, 2.45) is 0 Å². The van der Waals surface area contributed by atoms with E-state index in [-0.39, 0.29) is 0 Å². The molecule has 0 saturated heterocycles. The zero-order valence-electron chi connectivity index (χ0n) is 16.1. The van der Waals surface area contributed by atoms with Crippen molar-refractivity contribution in [1.82, 2.24) is 9.55 Å². The van der Waals surface area contributed by atoms with Crippen molar-refractivity contribution in [3.8, 4) is 0 Å². The molecule has 4 aromatic rings. The van der Waals surface area contributed by atoms with Crippen LogP contribution in [-0.2, 0) is 6.54 Å². The summed E-state index contributed by atoms with van der Waals surface area (Å²) in [6.45, 7) is 7.39. The molecular formula is C25H24N2. The lowest BCUT2D eigenvalue weighted by Gasteiger charge is -2.14. The van der Waals surface area contributed by atoms with Crippen LogP contribution in [0.15, 0.2) is 66.7 Å². The van der Waals surface area contributed by atoms with Crippen LogP contribution >= 0.6 is 0 Å². The third kappa shape index (κ3) is 3.56. The van der Waals surface area contributed by atoms with E-state index in [1.54, 1.807) is 0 Å². The summed E-state index contributed by atoms with van der Waals surface area (Å²) in [5.41, 5.74) is 8.74. The highest BCUT2D eigenvalue weighted by molar-refractivity contribution is 5.80. The summed E-state index contributed by atoms with van der Waals surface area (Å²) >= 11 is 0. The fraction of sp³-hybridized carbons (Fsp3) is 0.160. The van der Waals surface area contributed by atoms with E-state index in [1.807, 2.05) is 12.1 Å². The first-order valence-electron chi connectivity index (χ1n) is 9.37. The number of hydrogen-bond acceptors (Lipinski definition) is 1. The Hall–Kier alpha value is -3.13. The molecule has 0 aliphatic heterocycles. The van der Waals surface area contributed by atoms with Crippen LogP contribution < -0.4 is 0 Å². The lowest BCUT2D eigenvalue weighted by atomic mass is 9.99. The molecule has 27 heavy (non-hydrogen) atoms. The number of hydrogen-bond donors (Lipinski definition) is 0. The second kappa shape index (κ2) is 7.24. The molecule has 2 heteroatoms. The zero-order valence-corrected chi connectivity index (χ0v) is 16.1. The summed E-state index contributed by atoms with van der Waals surface area (Å²) in [4.78, 5) is 4.88. The van der Waals surface area contributed by atoms with Crippen molar-refractivity contribution in [1.29, 1.82) is 0 Å². The van der Waals surface area contributed by atoms with Gasteiger partial charge in [0.05, 0.1) is 17.6 Å². The van der Waals surface area contributed by atoms with Crippen LogP contribution in [-0.4, -0.2) is 9.55 Å². The van der Waals surface area contributed by atoms with Crippen molar-refractivity contribution in [3.63, 3.8) is 0 Å². The molecule has 4 rings (SSSR count). The molecule has 0 amide bonds. The maximum atomic E-state index is 4.88. The molecule has 134 valence electrons. The monoisotopic (exact) mass is 352 g/mol. The summed E-state index contributed by atoms with van der Waals surface area (Å²) in [5.74, 6) is 0.986. The van der Waals surface area contributed by atoms with Gasteiger partial charge in [0.15, 0.2) is 0 Å². The van der Waals surface area contributed by atoms with Crippen molar-refractivity contribution in [2.75, 3.05) is 0 Å². The molecule has 1 aromatic heterocycles. The van der Waals surface area contributed by atoms with Gasteiger partial charge < -0.3 is 4.57 Å². The standard InChI is InChI=1S/C25H24N2/c1-18-15-19(2)22(20(3)16-18)17-27-24-12-8-7-11-23(24)26-25(27)14-13-21-9-5-4-6-10-21/h4-16H,17H2,1-3H3. The summed E-state index contributed by atoms with van der Waals surface area (Å²) in [6, 6.07) is 23.3. The molecule has 0 radical (unpaired) electrons. The van der Waals surface area contributed by atoms with E-state index >= 15 is 0 Å². The topological polar surface area (TPSA) is 17.8 Å². The van der Waals surface area contributed by atoms with Crippen molar-refractivity contribution in [2.45, 2.75) is 27.3 Å². The number of imidazole rings is 1. The molecule has 0 atom stereocenters. The lowest BCUT2D eigenvalue weighted by Crippen LogP contribution is -2.06. The van der Waals surface area contributed by atoms with E-state index in [2.05, 4.69) is 92.1 Å². The van der Waals surface area contributed by atoms with Crippen LogP contribution in [0, 0.1) is 20.8 Å². The Bertz CT molecular complexity index is 1090. The van der Waals surface area contributed by atoms with E-state index in [0.29, 0.717) is 0 Å². The summed E-state index contributed by atoms with van der Waals surface area (Å²) in [7, 11) is 0. The predicted molar refractivity (Wildman–Crippen MR) is 115 cm³/mol. The summed E-state index contributed by atoms with van der Waals surface area (Å²) < 4.78 is 2.32. The molecule has 0 aliphatic rings. The van der Waals surface area contributed by atoms with Crippen LogP contribution in [0.1, 0.15) is 33.6 Å². The van der Waals surface area contributed by atoms with Gasteiger partial charge in [-0.05, 0) is 61.2 Å². The molecule has 2 nitrogen and oxygen atoms in total. The molecule has 0 N–H and O–H groups in total. The molecule has 0 bridgehead atoms. The van der Waals surface area contributed by atoms with Crippen LogP contribution in [0.4, 0.5) is 0 Å². The smallest absolute Gasteiger partial charge is 0.134 e. The second-order valence-electron chi connectivity index (χ2n) is 7.17. The molecule has 0 fully saturated rings. The van der Waals surface area contributed by atoms with Gasteiger partial charge in [-0.15, -0.1) is 0 Å². The number of rotatable bonds is 4. The minimum absolute atomic E-state index is 0.826. The second-order valence-corrected chi connectivity index (χ2v) is 7.17. The van der Waals surface area contributed by atoms with E-state index in [4.69, 9.17) is 4.98 Å². The Kier molecular flexibility index (Phi) is 4.64. The van der Waals surface area contributed by atoms with Gasteiger partial charge in [-0.1, -0.05) is 66.2 Å². The number of aryl methyl sites for hydroxylation is 3. The maximum absolute atomic E-state index is 4.88. The molecule has 1 heterocycles. The molecule has 3 aromatic carbocycles. The first-order chi connectivity index (χ1) is 13.1. The average molecular weight is 352 g/mol. The number of nitrogens with zero attached hydrogens (tertiary/aromatic N) is 2. The molecule has 0 aliphatic carbocycles. The maximum Gasteiger partial charge on any atom is 0.134 e. The number of fused-ring (bicyclic) bond motifs is 1. The highest BCUT2D eigenvalue weighted by Gasteiger charge is 2.12. The lowest BCUT2D eigenvalue weighted by molar-refractivity contribution is 0.802. The zero-order chi connectivity index (χ0) is 18.8. The van der Waals surface area contributed by atoms with Gasteiger partial charge in [-0.2, -0.15) is 0 Å². The van der Waals surface area contributed by atoms with Crippen LogP contribution in [0.3, 0.4) is 0 Å². The third-order valence-electron chi connectivity index (χ3n) is 5.07.